The highest BCUT2D eigenvalue weighted by Crippen LogP contribution is 2.25. The topological polar surface area (TPSA) is 86.8 Å². The molecule has 0 aliphatic heterocycles. The highest BCUT2D eigenvalue weighted by atomic mass is 79.9. The van der Waals surface area contributed by atoms with Crippen LogP contribution < -0.4 is 9.62 Å². The van der Waals surface area contributed by atoms with Crippen LogP contribution in [0.4, 0.5) is 5.69 Å². The Bertz CT molecular complexity index is 1140. The molecule has 0 saturated heterocycles. The molecule has 2 aromatic rings. The van der Waals surface area contributed by atoms with Crippen molar-refractivity contribution in [2.75, 3.05) is 23.7 Å². The van der Waals surface area contributed by atoms with Crippen molar-refractivity contribution in [3.8, 4) is 0 Å². The van der Waals surface area contributed by atoms with Gasteiger partial charge < -0.3 is 10.2 Å². The maximum absolute atomic E-state index is 13.5. The van der Waals surface area contributed by atoms with Gasteiger partial charge in [0.2, 0.25) is 21.8 Å². The molecule has 0 heterocycles. The molecule has 0 aromatic heterocycles. The molecule has 1 N–H and O–H groups in total. The minimum absolute atomic E-state index is 0.0437. The number of hydrogen-bond acceptors (Lipinski definition) is 4. The van der Waals surface area contributed by atoms with Crippen LogP contribution in [0.25, 0.3) is 0 Å². The first-order valence-electron chi connectivity index (χ1n) is 10.5. The van der Waals surface area contributed by atoms with E-state index >= 15 is 0 Å². The van der Waals surface area contributed by atoms with Crippen molar-refractivity contribution >= 4 is 66.7 Å². The molecule has 0 radical (unpaired) electrons. The van der Waals surface area contributed by atoms with Gasteiger partial charge in [0.25, 0.3) is 0 Å². The van der Waals surface area contributed by atoms with E-state index in [1.807, 2.05) is 13.8 Å². The molecule has 0 bridgehead atoms. The Labute approximate surface area is 219 Å². The summed E-state index contributed by atoms with van der Waals surface area (Å²) < 4.78 is 26.8. The maximum Gasteiger partial charge on any atom is 0.244 e. The Balaban J connectivity index is 2.39. The summed E-state index contributed by atoms with van der Waals surface area (Å²) in [7, 11) is -3.79. The zero-order chi connectivity index (χ0) is 25.6. The summed E-state index contributed by atoms with van der Waals surface area (Å²) in [4.78, 5) is 27.6. The van der Waals surface area contributed by atoms with E-state index in [1.165, 1.54) is 4.90 Å². The minimum Gasteiger partial charge on any atom is -0.354 e. The van der Waals surface area contributed by atoms with Crippen molar-refractivity contribution in [1.82, 2.24) is 10.2 Å². The smallest absolute Gasteiger partial charge is 0.244 e. The monoisotopic (exact) mass is 591 g/mol. The van der Waals surface area contributed by atoms with Gasteiger partial charge in [-0.3, -0.25) is 13.9 Å². The van der Waals surface area contributed by atoms with Crippen LogP contribution >= 0.6 is 39.1 Å². The predicted molar refractivity (Wildman–Crippen MR) is 141 cm³/mol. The van der Waals surface area contributed by atoms with Crippen LogP contribution in [0.5, 0.6) is 0 Å². The van der Waals surface area contributed by atoms with E-state index in [4.69, 9.17) is 23.2 Å². The molecular formula is C23H28BrCl2N3O4S. The van der Waals surface area contributed by atoms with Crippen molar-refractivity contribution in [2.45, 2.75) is 33.4 Å². The van der Waals surface area contributed by atoms with Crippen LogP contribution in [0.3, 0.4) is 0 Å². The van der Waals surface area contributed by atoms with Gasteiger partial charge in [-0.1, -0.05) is 65.1 Å². The highest BCUT2D eigenvalue weighted by Gasteiger charge is 2.30. The summed E-state index contributed by atoms with van der Waals surface area (Å²) >= 11 is 15.5. The number of sulfonamides is 1. The number of carbonyl (C=O) groups excluding carboxylic acids is 2. The minimum atomic E-state index is -3.79. The van der Waals surface area contributed by atoms with Crippen molar-refractivity contribution in [2.24, 2.45) is 5.92 Å². The van der Waals surface area contributed by atoms with Gasteiger partial charge in [-0.25, -0.2) is 8.42 Å². The highest BCUT2D eigenvalue weighted by molar-refractivity contribution is 9.10. The second kappa shape index (κ2) is 12.2. The number of carbonyl (C=O) groups is 2. The molecule has 2 rings (SSSR count). The van der Waals surface area contributed by atoms with Crippen molar-refractivity contribution < 1.29 is 18.0 Å². The Morgan fingerprint density at radius 3 is 2.29 bits per heavy atom. The Kier molecular flexibility index (Phi) is 10.2. The summed E-state index contributed by atoms with van der Waals surface area (Å²) in [5, 5.41) is 3.51. The number of nitrogens with zero attached hydrogens (tertiary/aromatic N) is 2. The van der Waals surface area contributed by atoms with Crippen LogP contribution in [0.2, 0.25) is 10.0 Å². The number of halogens is 3. The summed E-state index contributed by atoms with van der Waals surface area (Å²) in [6, 6.07) is 10.7. The summed E-state index contributed by atoms with van der Waals surface area (Å²) in [5.74, 6) is -0.647. The number of hydrogen-bond donors (Lipinski definition) is 1. The van der Waals surface area contributed by atoms with Gasteiger partial charge in [0, 0.05) is 17.6 Å². The summed E-state index contributed by atoms with van der Waals surface area (Å²) in [5.41, 5.74) is 0.983. The number of anilines is 1. The lowest BCUT2D eigenvalue weighted by Crippen LogP contribution is -2.51. The van der Waals surface area contributed by atoms with Gasteiger partial charge in [0.05, 0.1) is 22.0 Å². The lowest BCUT2D eigenvalue weighted by atomic mass is 10.1. The van der Waals surface area contributed by atoms with Gasteiger partial charge in [-0.15, -0.1) is 0 Å². The SMILES string of the molecule is CC(C)CNC(=O)[C@H](C)N(Cc1ccc(Cl)c(Cl)c1)C(=O)CN(c1cccc(Br)c1)S(C)(=O)=O. The average molecular weight is 593 g/mol. The van der Waals surface area contributed by atoms with Crippen LogP contribution in [0.15, 0.2) is 46.9 Å². The molecule has 2 amide bonds. The predicted octanol–water partition coefficient (Wildman–Crippen LogP) is 4.71. The van der Waals surface area contributed by atoms with E-state index in [0.717, 1.165) is 10.6 Å². The van der Waals surface area contributed by atoms with Crippen LogP contribution in [-0.2, 0) is 26.2 Å². The van der Waals surface area contributed by atoms with Gasteiger partial charge in [-0.05, 0) is 48.7 Å². The largest absolute Gasteiger partial charge is 0.354 e. The molecule has 1 atom stereocenters. The quantitative estimate of drug-likeness (QED) is 0.433. The van der Waals surface area contributed by atoms with Gasteiger partial charge >= 0.3 is 0 Å². The first-order chi connectivity index (χ1) is 15.8. The average Bonchev–Trinajstić information content (AvgIpc) is 2.75. The molecule has 186 valence electrons. The molecule has 0 saturated carbocycles. The van der Waals surface area contributed by atoms with Gasteiger partial charge in [0.15, 0.2) is 0 Å². The molecule has 34 heavy (non-hydrogen) atoms. The zero-order valence-corrected chi connectivity index (χ0v) is 23.3. The molecule has 0 unspecified atom stereocenters. The molecule has 7 nitrogen and oxygen atoms in total. The number of nitrogens with one attached hydrogen (secondary N) is 1. The second-order valence-corrected chi connectivity index (χ2v) is 12.0. The number of benzene rings is 2. The van der Waals surface area contributed by atoms with Gasteiger partial charge in [0.1, 0.15) is 12.6 Å². The lowest BCUT2D eigenvalue weighted by molar-refractivity contribution is -0.139. The molecule has 0 aliphatic carbocycles. The number of amides is 2. The van der Waals surface area contributed by atoms with Gasteiger partial charge in [-0.2, -0.15) is 0 Å². The molecule has 0 fully saturated rings. The molecule has 0 aliphatic rings. The Morgan fingerprint density at radius 1 is 1.06 bits per heavy atom. The summed E-state index contributed by atoms with van der Waals surface area (Å²) in [6.45, 7) is 5.55. The lowest BCUT2D eigenvalue weighted by Gasteiger charge is -2.31. The fourth-order valence-corrected chi connectivity index (χ4v) is 4.66. The Hall–Kier alpha value is -1.81. The van der Waals surface area contributed by atoms with E-state index in [1.54, 1.807) is 49.4 Å². The zero-order valence-electron chi connectivity index (χ0n) is 19.4. The molecular weight excluding hydrogens is 565 g/mol. The second-order valence-electron chi connectivity index (χ2n) is 8.33. The first kappa shape index (κ1) is 28.4. The van der Waals surface area contributed by atoms with Crippen LogP contribution in [0.1, 0.15) is 26.3 Å². The van der Waals surface area contributed by atoms with Crippen molar-refractivity contribution in [3.05, 3.63) is 62.5 Å². The fourth-order valence-electron chi connectivity index (χ4n) is 3.11. The van der Waals surface area contributed by atoms with Crippen LogP contribution in [-0.4, -0.2) is 50.5 Å². The molecule has 11 heteroatoms. The molecule has 0 spiro atoms. The van der Waals surface area contributed by atoms with Crippen LogP contribution in [0, 0.1) is 5.92 Å². The fraction of sp³-hybridized carbons (Fsp3) is 0.391. The van der Waals surface area contributed by atoms with E-state index in [-0.39, 0.29) is 18.4 Å². The summed E-state index contributed by atoms with van der Waals surface area (Å²) in [6.07, 6.45) is 1.03. The normalized spacial score (nSPS) is 12.4. The van der Waals surface area contributed by atoms with Crippen molar-refractivity contribution in [3.63, 3.8) is 0 Å². The van der Waals surface area contributed by atoms with E-state index in [9.17, 15) is 18.0 Å². The Morgan fingerprint density at radius 2 is 1.74 bits per heavy atom. The third-order valence-corrected chi connectivity index (χ3v) is 7.34. The maximum atomic E-state index is 13.5. The van der Waals surface area contributed by atoms with E-state index in [2.05, 4.69) is 21.2 Å². The first-order valence-corrected chi connectivity index (χ1v) is 13.9. The van der Waals surface area contributed by atoms with E-state index < -0.39 is 28.5 Å². The molecule has 2 aromatic carbocycles. The third kappa shape index (κ3) is 8.15. The standard InChI is InChI=1S/C23H28BrCl2N3O4S/c1-15(2)12-27-23(31)16(3)28(13-17-8-9-20(25)21(26)10-17)22(30)14-29(34(4,32)33)19-7-5-6-18(24)11-19/h5-11,15-16H,12-14H2,1-4H3,(H,27,31)/t16-/m0/s1. The third-order valence-electron chi connectivity index (χ3n) is 4.96. The number of rotatable bonds is 10. The van der Waals surface area contributed by atoms with E-state index in [0.29, 0.717) is 32.3 Å². The van der Waals surface area contributed by atoms with Crippen molar-refractivity contribution in [1.29, 1.82) is 0 Å².